The van der Waals surface area contributed by atoms with Gasteiger partial charge in [0.15, 0.2) is 5.78 Å². The minimum absolute atomic E-state index is 0.0613. The van der Waals surface area contributed by atoms with E-state index in [1.54, 1.807) is 14.2 Å². The van der Waals surface area contributed by atoms with E-state index in [0.717, 1.165) is 36.0 Å². The van der Waals surface area contributed by atoms with Crippen LogP contribution in [-0.2, 0) is 19.3 Å². The standard InChI is InChI=1S/C20H21BO3/c1-4-12-10-17(19(24-3)11-18(12)23-2)20(22)15-7-13-5-6-16(21)9-14(13)8-15/h5-6,9-11,15H,4,7-8H2,1-3H3. The summed E-state index contributed by atoms with van der Waals surface area (Å²) < 4.78 is 10.8. The van der Waals surface area contributed by atoms with Gasteiger partial charge in [-0.1, -0.05) is 30.6 Å². The molecule has 2 aromatic carbocycles. The van der Waals surface area contributed by atoms with E-state index in [2.05, 4.69) is 0 Å². The Balaban J connectivity index is 1.93. The summed E-state index contributed by atoms with van der Waals surface area (Å²) >= 11 is 0. The Morgan fingerprint density at radius 3 is 2.46 bits per heavy atom. The summed E-state index contributed by atoms with van der Waals surface area (Å²) in [6.07, 6.45) is 2.29. The Labute approximate surface area is 144 Å². The highest BCUT2D eigenvalue weighted by Crippen LogP contribution is 2.34. The summed E-state index contributed by atoms with van der Waals surface area (Å²) in [5, 5.41) is 0. The summed E-state index contributed by atoms with van der Waals surface area (Å²) in [5.41, 5.74) is 4.79. The van der Waals surface area contributed by atoms with Gasteiger partial charge in [0.25, 0.3) is 0 Å². The molecule has 4 heteroatoms. The lowest BCUT2D eigenvalue weighted by molar-refractivity contribution is 0.0921. The van der Waals surface area contributed by atoms with Gasteiger partial charge in [0.05, 0.1) is 19.8 Å². The smallest absolute Gasteiger partial charge is 0.170 e. The zero-order valence-electron chi connectivity index (χ0n) is 14.4. The van der Waals surface area contributed by atoms with Gasteiger partial charge >= 0.3 is 0 Å². The van der Waals surface area contributed by atoms with Gasteiger partial charge in [0.2, 0.25) is 0 Å². The fraction of sp³-hybridized carbons (Fsp3) is 0.350. The number of hydrogen-bond acceptors (Lipinski definition) is 3. The van der Waals surface area contributed by atoms with Crippen LogP contribution < -0.4 is 14.9 Å². The highest BCUT2D eigenvalue weighted by atomic mass is 16.5. The molecule has 0 N–H and O–H groups in total. The Bertz CT molecular complexity index is 783. The third-order valence-corrected chi connectivity index (χ3v) is 4.78. The van der Waals surface area contributed by atoms with Gasteiger partial charge in [0, 0.05) is 12.0 Å². The van der Waals surface area contributed by atoms with Crippen molar-refractivity contribution in [2.24, 2.45) is 5.92 Å². The molecule has 3 rings (SSSR count). The van der Waals surface area contributed by atoms with Gasteiger partial charge in [-0.3, -0.25) is 4.79 Å². The van der Waals surface area contributed by atoms with Crippen LogP contribution in [0.2, 0.25) is 0 Å². The van der Waals surface area contributed by atoms with Crippen molar-refractivity contribution >= 4 is 19.1 Å². The van der Waals surface area contributed by atoms with Crippen LogP contribution in [0.4, 0.5) is 0 Å². The molecular weight excluding hydrogens is 299 g/mol. The normalized spacial score (nSPS) is 15.9. The predicted octanol–water partition coefficient (Wildman–Crippen LogP) is 2.66. The number of ketones is 1. The van der Waals surface area contributed by atoms with Crippen molar-refractivity contribution in [1.29, 1.82) is 0 Å². The average Bonchev–Trinajstić information content (AvgIpc) is 3.02. The van der Waals surface area contributed by atoms with E-state index in [-0.39, 0.29) is 11.7 Å². The van der Waals surface area contributed by atoms with Crippen molar-refractivity contribution in [2.75, 3.05) is 14.2 Å². The molecule has 122 valence electrons. The molecule has 1 unspecified atom stereocenters. The van der Waals surface area contributed by atoms with Crippen molar-refractivity contribution in [3.8, 4) is 11.5 Å². The van der Waals surface area contributed by atoms with Gasteiger partial charge in [-0.05, 0) is 42.0 Å². The zero-order valence-corrected chi connectivity index (χ0v) is 14.4. The number of hydrogen-bond donors (Lipinski definition) is 0. The van der Waals surface area contributed by atoms with E-state index in [0.29, 0.717) is 11.3 Å². The fourth-order valence-electron chi connectivity index (χ4n) is 3.48. The number of aryl methyl sites for hydroxylation is 1. The second-order valence-electron chi connectivity index (χ2n) is 6.22. The van der Waals surface area contributed by atoms with E-state index in [1.807, 2.05) is 37.3 Å². The Morgan fingerprint density at radius 2 is 1.79 bits per heavy atom. The molecule has 0 aromatic heterocycles. The lowest BCUT2D eigenvalue weighted by Crippen LogP contribution is -2.16. The topological polar surface area (TPSA) is 35.5 Å². The summed E-state index contributed by atoms with van der Waals surface area (Å²) in [6.45, 7) is 2.05. The van der Waals surface area contributed by atoms with Crippen LogP contribution in [0, 0.1) is 5.92 Å². The molecule has 2 radical (unpaired) electrons. The number of benzene rings is 2. The van der Waals surface area contributed by atoms with Gasteiger partial charge in [-0.2, -0.15) is 0 Å². The van der Waals surface area contributed by atoms with Crippen molar-refractivity contribution in [1.82, 2.24) is 0 Å². The quantitative estimate of drug-likeness (QED) is 0.628. The summed E-state index contributed by atoms with van der Waals surface area (Å²) in [7, 11) is 9.08. The SMILES string of the molecule is [B]c1ccc2c(c1)CC(C(=O)c1cc(CC)c(OC)cc1OC)C2. The van der Waals surface area contributed by atoms with Gasteiger partial charge < -0.3 is 9.47 Å². The molecule has 0 amide bonds. The molecule has 1 atom stereocenters. The molecule has 0 bridgehead atoms. The maximum Gasteiger partial charge on any atom is 0.170 e. The van der Waals surface area contributed by atoms with Crippen LogP contribution in [0.5, 0.6) is 11.5 Å². The number of carbonyl (C=O) groups excluding carboxylic acids is 1. The first kappa shape index (κ1) is 16.6. The summed E-state index contributed by atoms with van der Waals surface area (Å²) in [5.74, 6) is 1.39. The fourth-order valence-corrected chi connectivity index (χ4v) is 3.48. The minimum atomic E-state index is -0.0613. The van der Waals surface area contributed by atoms with E-state index < -0.39 is 0 Å². The zero-order chi connectivity index (χ0) is 17.3. The van der Waals surface area contributed by atoms with Crippen LogP contribution in [0.25, 0.3) is 0 Å². The van der Waals surface area contributed by atoms with Crippen molar-refractivity contribution in [3.63, 3.8) is 0 Å². The first-order valence-corrected chi connectivity index (χ1v) is 8.23. The van der Waals surface area contributed by atoms with E-state index in [4.69, 9.17) is 17.3 Å². The Kier molecular flexibility index (Phi) is 4.65. The van der Waals surface area contributed by atoms with Crippen molar-refractivity contribution in [2.45, 2.75) is 26.2 Å². The maximum absolute atomic E-state index is 13.1. The second-order valence-corrected chi connectivity index (χ2v) is 6.22. The van der Waals surface area contributed by atoms with Crippen LogP contribution in [0.3, 0.4) is 0 Å². The lowest BCUT2D eigenvalue weighted by atomic mass is 9.92. The molecule has 0 fully saturated rings. The van der Waals surface area contributed by atoms with Crippen LogP contribution in [0.1, 0.15) is 34.0 Å². The third-order valence-electron chi connectivity index (χ3n) is 4.78. The van der Waals surface area contributed by atoms with Gasteiger partial charge in [-0.15, -0.1) is 0 Å². The number of carbonyl (C=O) groups is 1. The van der Waals surface area contributed by atoms with Crippen molar-refractivity contribution in [3.05, 3.63) is 52.6 Å². The largest absolute Gasteiger partial charge is 0.496 e. The van der Waals surface area contributed by atoms with Gasteiger partial charge in [0.1, 0.15) is 19.3 Å². The predicted molar refractivity (Wildman–Crippen MR) is 96.0 cm³/mol. The first-order valence-electron chi connectivity index (χ1n) is 8.23. The molecule has 2 aromatic rings. The number of fused-ring (bicyclic) bond motifs is 1. The molecule has 0 heterocycles. The highest BCUT2D eigenvalue weighted by molar-refractivity contribution is 6.32. The molecule has 1 aliphatic rings. The highest BCUT2D eigenvalue weighted by Gasteiger charge is 2.30. The molecule has 0 saturated heterocycles. The van der Waals surface area contributed by atoms with E-state index in [9.17, 15) is 4.79 Å². The number of rotatable bonds is 5. The number of Topliss-reactive ketones (excluding diaryl/α,β-unsaturated/α-hetero) is 1. The molecule has 3 nitrogen and oxygen atoms in total. The Morgan fingerprint density at radius 1 is 1.08 bits per heavy atom. The van der Waals surface area contributed by atoms with E-state index >= 15 is 0 Å². The van der Waals surface area contributed by atoms with Crippen LogP contribution >= 0.6 is 0 Å². The second kappa shape index (κ2) is 6.72. The summed E-state index contributed by atoms with van der Waals surface area (Å²) in [4.78, 5) is 13.1. The average molecular weight is 320 g/mol. The van der Waals surface area contributed by atoms with E-state index in [1.165, 1.54) is 11.1 Å². The molecule has 0 aliphatic heterocycles. The number of ether oxygens (including phenoxy) is 2. The molecule has 0 spiro atoms. The minimum Gasteiger partial charge on any atom is -0.496 e. The number of methoxy groups -OCH3 is 2. The maximum atomic E-state index is 13.1. The van der Waals surface area contributed by atoms with Crippen LogP contribution in [0.15, 0.2) is 30.3 Å². The van der Waals surface area contributed by atoms with Crippen LogP contribution in [-0.4, -0.2) is 27.8 Å². The molecule has 24 heavy (non-hydrogen) atoms. The molecular formula is C20H21BO3. The first-order chi connectivity index (χ1) is 11.6. The lowest BCUT2D eigenvalue weighted by Gasteiger charge is -2.16. The molecule has 1 aliphatic carbocycles. The third kappa shape index (κ3) is 2.93. The van der Waals surface area contributed by atoms with Gasteiger partial charge in [-0.25, -0.2) is 0 Å². The Hall–Kier alpha value is -2.23. The molecule has 0 saturated carbocycles. The van der Waals surface area contributed by atoms with Crippen molar-refractivity contribution < 1.29 is 14.3 Å². The summed E-state index contributed by atoms with van der Waals surface area (Å²) in [6, 6.07) is 9.63. The monoisotopic (exact) mass is 320 g/mol.